The number of rotatable bonds is 3. The van der Waals surface area contributed by atoms with Crippen LogP contribution in [0, 0.1) is 0 Å². The van der Waals surface area contributed by atoms with Crippen LogP contribution in [0.4, 0.5) is 24.5 Å². The van der Waals surface area contributed by atoms with Gasteiger partial charge in [-0.15, -0.1) is 0 Å². The molecule has 1 aliphatic heterocycles. The molecule has 154 valence electrons. The zero-order valence-electron chi connectivity index (χ0n) is 14.6. The largest absolute Gasteiger partial charge is 0.448 e. The number of nitrogens with one attached hydrogen (secondary N) is 2. The molecule has 3 rings (SSSR count). The van der Waals surface area contributed by atoms with Crippen molar-refractivity contribution in [2.75, 3.05) is 16.8 Å². The van der Waals surface area contributed by atoms with Crippen molar-refractivity contribution in [3.63, 3.8) is 0 Å². The van der Waals surface area contributed by atoms with Gasteiger partial charge in [-0.3, -0.25) is 14.5 Å². The maximum atomic E-state index is 12.9. The molecule has 29 heavy (non-hydrogen) atoms. The van der Waals surface area contributed by atoms with Crippen LogP contribution in [-0.4, -0.2) is 35.4 Å². The van der Waals surface area contributed by atoms with E-state index in [0.717, 1.165) is 23.1 Å². The molecule has 0 saturated carbocycles. The first-order valence-corrected chi connectivity index (χ1v) is 8.80. The van der Waals surface area contributed by atoms with E-state index in [0.29, 0.717) is 0 Å². The van der Waals surface area contributed by atoms with E-state index in [9.17, 15) is 27.6 Å². The van der Waals surface area contributed by atoms with Gasteiger partial charge in [0.25, 0.3) is 5.91 Å². The number of alkyl halides is 3. The number of halogens is 5. The number of fused-ring (bicyclic) bond motifs is 1. The van der Waals surface area contributed by atoms with Gasteiger partial charge in [0, 0.05) is 0 Å². The number of ether oxygens (including phenoxy) is 1. The van der Waals surface area contributed by atoms with Crippen molar-refractivity contribution >= 4 is 52.4 Å². The fraction of sp³-hybridized carbons (Fsp3) is 0.235. The van der Waals surface area contributed by atoms with E-state index in [1.165, 1.54) is 13.0 Å². The number of aromatic amines is 1. The van der Waals surface area contributed by atoms with Crippen LogP contribution >= 0.6 is 23.2 Å². The molecule has 12 heteroatoms. The highest BCUT2D eigenvalue weighted by Gasteiger charge is 2.35. The second kappa shape index (κ2) is 7.60. The predicted molar refractivity (Wildman–Crippen MR) is 98.1 cm³/mol. The number of amides is 2. The molecule has 1 aliphatic rings. The second-order valence-electron chi connectivity index (χ2n) is 6.09. The van der Waals surface area contributed by atoms with Gasteiger partial charge in [-0.05, 0) is 31.2 Å². The summed E-state index contributed by atoms with van der Waals surface area (Å²) in [6.07, 6.45) is -5.96. The van der Waals surface area contributed by atoms with Gasteiger partial charge in [-0.1, -0.05) is 23.2 Å². The zero-order chi connectivity index (χ0) is 21.5. The lowest BCUT2D eigenvalue weighted by atomic mass is 10.1. The average molecular weight is 450 g/mol. The van der Waals surface area contributed by atoms with Crippen LogP contribution in [0.1, 0.15) is 23.0 Å². The molecule has 2 N–H and O–H groups in total. The summed E-state index contributed by atoms with van der Waals surface area (Å²) < 4.78 is 43.8. The summed E-state index contributed by atoms with van der Waals surface area (Å²) in [5.41, 5.74) is -1.19. The van der Waals surface area contributed by atoms with Crippen LogP contribution in [-0.2, 0) is 20.5 Å². The normalized spacial score (nSPS) is 14.8. The fourth-order valence-electron chi connectivity index (χ4n) is 2.67. The van der Waals surface area contributed by atoms with Crippen molar-refractivity contribution < 1.29 is 32.3 Å². The lowest BCUT2D eigenvalue weighted by molar-refractivity contribution is -0.137. The molecule has 1 aromatic carbocycles. The van der Waals surface area contributed by atoms with E-state index in [1.54, 1.807) is 0 Å². The van der Waals surface area contributed by atoms with E-state index in [2.05, 4.69) is 10.3 Å². The van der Waals surface area contributed by atoms with E-state index in [4.69, 9.17) is 27.9 Å². The number of carbonyl (C=O) groups excluding carboxylic acids is 3. The molecule has 2 aromatic rings. The van der Waals surface area contributed by atoms with Gasteiger partial charge >= 0.3 is 12.1 Å². The smallest absolute Gasteiger partial charge is 0.416 e. The number of carbonyl (C=O) groups is 3. The average Bonchev–Trinajstić information content (AvgIpc) is 2.98. The summed E-state index contributed by atoms with van der Waals surface area (Å²) in [6.45, 7) is 0.821. The van der Waals surface area contributed by atoms with Gasteiger partial charge < -0.3 is 15.0 Å². The number of H-pyrrole nitrogens is 1. The predicted octanol–water partition coefficient (Wildman–Crippen LogP) is 3.87. The van der Waals surface area contributed by atoms with Crippen molar-refractivity contribution in [1.82, 2.24) is 4.98 Å². The van der Waals surface area contributed by atoms with Crippen LogP contribution < -0.4 is 10.2 Å². The zero-order valence-corrected chi connectivity index (χ0v) is 16.1. The standard InChI is InChI=1S/C17H12Cl2F3N3O4/c1-7(29-16(28)11-5-9(18)14(19)24-11)15(27)25-6-13(26)23-10-4-8(17(20,21)22)2-3-12(10)25/h2-5,7,24H,6H2,1H3,(H,23,26). The highest BCUT2D eigenvalue weighted by molar-refractivity contribution is 6.41. The van der Waals surface area contributed by atoms with Crippen molar-refractivity contribution in [2.24, 2.45) is 0 Å². The minimum absolute atomic E-state index is 0.0136. The Morgan fingerprint density at radius 3 is 2.52 bits per heavy atom. The Kier molecular flexibility index (Phi) is 5.50. The quantitative estimate of drug-likeness (QED) is 0.695. The van der Waals surface area contributed by atoms with Crippen LogP contribution in [0.3, 0.4) is 0 Å². The van der Waals surface area contributed by atoms with Gasteiger partial charge in [-0.25, -0.2) is 4.79 Å². The molecular formula is C17H12Cl2F3N3O4. The molecule has 0 aliphatic carbocycles. The highest BCUT2D eigenvalue weighted by atomic mass is 35.5. The Morgan fingerprint density at radius 2 is 1.93 bits per heavy atom. The molecule has 1 atom stereocenters. The molecular weight excluding hydrogens is 438 g/mol. The van der Waals surface area contributed by atoms with Crippen molar-refractivity contribution in [1.29, 1.82) is 0 Å². The maximum absolute atomic E-state index is 12.9. The number of esters is 1. The molecule has 1 unspecified atom stereocenters. The topological polar surface area (TPSA) is 91.5 Å². The molecule has 7 nitrogen and oxygen atoms in total. The highest BCUT2D eigenvalue weighted by Crippen LogP contribution is 2.37. The van der Waals surface area contributed by atoms with E-state index in [1.807, 2.05) is 0 Å². The Balaban J connectivity index is 1.82. The van der Waals surface area contributed by atoms with Crippen molar-refractivity contribution in [3.8, 4) is 0 Å². The monoisotopic (exact) mass is 449 g/mol. The van der Waals surface area contributed by atoms with Gasteiger partial charge in [0.05, 0.1) is 22.0 Å². The second-order valence-corrected chi connectivity index (χ2v) is 6.88. The van der Waals surface area contributed by atoms with Crippen LogP contribution in [0.25, 0.3) is 0 Å². The molecule has 2 amide bonds. The summed E-state index contributed by atoms with van der Waals surface area (Å²) >= 11 is 11.5. The molecule has 2 heterocycles. The van der Waals surface area contributed by atoms with Crippen molar-refractivity contribution in [2.45, 2.75) is 19.2 Å². The molecule has 0 fully saturated rings. The Morgan fingerprint density at radius 1 is 1.24 bits per heavy atom. The third-order valence-corrected chi connectivity index (χ3v) is 4.73. The van der Waals surface area contributed by atoms with Gasteiger partial charge in [0.15, 0.2) is 6.10 Å². The summed E-state index contributed by atoms with van der Waals surface area (Å²) in [5.74, 6) is -2.40. The summed E-state index contributed by atoms with van der Waals surface area (Å²) in [6, 6.07) is 3.79. The lowest BCUT2D eigenvalue weighted by Crippen LogP contribution is -2.47. The van der Waals surface area contributed by atoms with E-state index < -0.39 is 42.2 Å². The fourth-order valence-corrected chi connectivity index (χ4v) is 2.98. The minimum Gasteiger partial charge on any atom is -0.448 e. The number of nitrogens with zero attached hydrogens (tertiary/aromatic N) is 1. The van der Waals surface area contributed by atoms with Gasteiger partial charge in [-0.2, -0.15) is 13.2 Å². The van der Waals surface area contributed by atoms with Crippen molar-refractivity contribution in [3.05, 3.63) is 45.7 Å². The third kappa shape index (κ3) is 4.33. The summed E-state index contributed by atoms with van der Waals surface area (Å²) in [5, 5.41) is 2.39. The first-order chi connectivity index (χ1) is 13.5. The molecule has 1 aromatic heterocycles. The van der Waals surface area contributed by atoms with Gasteiger partial charge in [0.2, 0.25) is 5.91 Å². The summed E-state index contributed by atoms with van der Waals surface area (Å²) in [7, 11) is 0. The van der Waals surface area contributed by atoms with Crippen LogP contribution in [0.2, 0.25) is 10.2 Å². The molecule has 0 spiro atoms. The number of aromatic nitrogens is 1. The Bertz CT molecular complexity index is 987. The minimum atomic E-state index is -4.62. The van der Waals surface area contributed by atoms with Gasteiger partial charge in [0.1, 0.15) is 17.4 Å². The number of anilines is 2. The summed E-state index contributed by atoms with van der Waals surface area (Å²) in [4.78, 5) is 40.1. The lowest BCUT2D eigenvalue weighted by Gasteiger charge is -2.31. The first kappa shape index (κ1) is 21.0. The number of benzene rings is 1. The third-order valence-electron chi connectivity index (χ3n) is 4.03. The van der Waals surface area contributed by atoms with E-state index >= 15 is 0 Å². The molecule has 0 bridgehead atoms. The van der Waals surface area contributed by atoms with Crippen LogP contribution in [0.5, 0.6) is 0 Å². The maximum Gasteiger partial charge on any atom is 0.416 e. The van der Waals surface area contributed by atoms with E-state index in [-0.39, 0.29) is 27.2 Å². The van der Waals surface area contributed by atoms with Crippen LogP contribution in [0.15, 0.2) is 24.3 Å². The Hall–Kier alpha value is -2.72. The number of hydrogen-bond acceptors (Lipinski definition) is 4. The first-order valence-electron chi connectivity index (χ1n) is 8.05. The SMILES string of the molecule is CC(OC(=O)c1cc(Cl)c(Cl)[nH]1)C(=O)N1CC(=O)Nc2cc(C(F)(F)F)ccc21. The molecule has 0 radical (unpaired) electrons. The number of hydrogen-bond donors (Lipinski definition) is 2. The Labute approximate surface area is 171 Å². The molecule has 0 saturated heterocycles.